The van der Waals surface area contributed by atoms with E-state index in [9.17, 15) is 0 Å². The number of nitrogens with zero attached hydrogens (tertiary/aromatic N) is 1. The highest BCUT2D eigenvalue weighted by molar-refractivity contribution is 6.74. The van der Waals surface area contributed by atoms with Gasteiger partial charge in [0.2, 0.25) is 0 Å². The van der Waals surface area contributed by atoms with Gasteiger partial charge in [-0.2, -0.15) is 0 Å². The average Bonchev–Trinajstić information content (AvgIpc) is 2.50. The van der Waals surface area contributed by atoms with Gasteiger partial charge in [-0.15, -0.1) is 0 Å². The Labute approximate surface area is 100 Å². The highest BCUT2D eigenvalue weighted by Gasteiger charge is 2.40. The molecular formula is C12H25NO2Si. The molecular weight excluding hydrogens is 218 g/mol. The molecule has 3 nitrogen and oxygen atoms in total. The monoisotopic (exact) mass is 243 g/mol. The van der Waals surface area contributed by atoms with Gasteiger partial charge in [0.05, 0.1) is 25.7 Å². The number of rotatable bonds is 3. The van der Waals surface area contributed by atoms with Crippen LogP contribution in [-0.4, -0.2) is 33.5 Å². The molecule has 16 heavy (non-hydrogen) atoms. The van der Waals surface area contributed by atoms with E-state index in [1.54, 1.807) is 0 Å². The normalized spacial score (nSPS) is 22.1. The third-order valence-corrected chi connectivity index (χ3v) is 7.99. The molecule has 0 N–H and O–H groups in total. The zero-order valence-corrected chi connectivity index (χ0v) is 12.5. The summed E-state index contributed by atoms with van der Waals surface area (Å²) < 4.78 is 11.7. The van der Waals surface area contributed by atoms with E-state index in [2.05, 4.69) is 38.9 Å². The second-order valence-corrected chi connectivity index (χ2v) is 10.6. The Morgan fingerprint density at radius 3 is 2.50 bits per heavy atom. The molecule has 4 heteroatoms. The maximum absolute atomic E-state index is 6.28. The SMILES string of the molecule is CCOC1=NC[C@@H](O[Si](C)(C)C(C)(C)C)C1. The molecule has 0 fully saturated rings. The molecule has 94 valence electrons. The largest absolute Gasteiger partial charge is 0.481 e. The van der Waals surface area contributed by atoms with Crippen molar-refractivity contribution >= 4 is 14.2 Å². The van der Waals surface area contributed by atoms with Gasteiger partial charge in [-0.25, -0.2) is 0 Å². The second kappa shape index (κ2) is 4.88. The lowest BCUT2D eigenvalue weighted by Crippen LogP contribution is -2.44. The summed E-state index contributed by atoms with van der Waals surface area (Å²) in [6.45, 7) is 14.8. The molecule has 0 aromatic heterocycles. The van der Waals surface area contributed by atoms with Crippen molar-refractivity contribution in [1.82, 2.24) is 0 Å². The molecule has 0 aromatic rings. The van der Waals surface area contributed by atoms with Crippen molar-refractivity contribution in [2.45, 2.75) is 58.4 Å². The Kier molecular flexibility index (Phi) is 4.18. The van der Waals surface area contributed by atoms with E-state index in [-0.39, 0.29) is 11.1 Å². The predicted octanol–water partition coefficient (Wildman–Crippen LogP) is 3.22. The summed E-state index contributed by atoms with van der Waals surface area (Å²) in [4.78, 5) is 4.36. The minimum atomic E-state index is -1.65. The zero-order valence-electron chi connectivity index (χ0n) is 11.5. The summed E-state index contributed by atoms with van der Waals surface area (Å²) >= 11 is 0. The molecule has 0 saturated heterocycles. The van der Waals surface area contributed by atoms with Gasteiger partial charge in [0, 0.05) is 0 Å². The minimum Gasteiger partial charge on any atom is -0.481 e. The molecule has 0 radical (unpaired) electrons. The summed E-state index contributed by atoms with van der Waals surface area (Å²) in [5, 5.41) is 0.265. The van der Waals surface area contributed by atoms with Crippen LogP contribution in [0.25, 0.3) is 0 Å². The van der Waals surface area contributed by atoms with Gasteiger partial charge < -0.3 is 9.16 Å². The van der Waals surface area contributed by atoms with Crippen LogP contribution in [0.15, 0.2) is 4.99 Å². The van der Waals surface area contributed by atoms with Crippen LogP contribution in [0.5, 0.6) is 0 Å². The fourth-order valence-electron chi connectivity index (χ4n) is 1.47. The number of hydrogen-bond donors (Lipinski definition) is 0. The van der Waals surface area contributed by atoms with Crippen LogP contribution in [-0.2, 0) is 9.16 Å². The third kappa shape index (κ3) is 3.32. The van der Waals surface area contributed by atoms with Crippen molar-refractivity contribution in [1.29, 1.82) is 0 Å². The van der Waals surface area contributed by atoms with Gasteiger partial charge in [0.15, 0.2) is 14.2 Å². The number of aliphatic imine (C=N–C) groups is 1. The Morgan fingerprint density at radius 1 is 1.38 bits per heavy atom. The standard InChI is InChI=1S/C12H25NO2Si/c1-7-14-11-8-10(9-13-11)15-16(5,6)12(2,3)4/h10H,7-9H2,1-6H3/t10-/m0/s1. The van der Waals surface area contributed by atoms with Crippen LogP contribution < -0.4 is 0 Å². The quantitative estimate of drug-likeness (QED) is 0.713. The Hall–Kier alpha value is -0.353. The van der Waals surface area contributed by atoms with Crippen LogP contribution >= 0.6 is 0 Å². The first kappa shape index (κ1) is 13.7. The van der Waals surface area contributed by atoms with Gasteiger partial charge in [-0.3, -0.25) is 4.99 Å². The number of hydrogen-bond acceptors (Lipinski definition) is 3. The fraction of sp³-hybridized carbons (Fsp3) is 0.917. The molecule has 1 heterocycles. The number of ether oxygens (including phenoxy) is 1. The molecule has 0 saturated carbocycles. The lowest BCUT2D eigenvalue weighted by Gasteiger charge is -2.38. The van der Waals surface area contributed by atoms with E-state index in [1.807, 2.05) is 6.92 Å². The van der Waals surface area contributed by atoms with E-state index >= 15 is 0 Å². The molecule has 0 aliphatic carbocycles. The maximum Gasteiger partial charge on any atom is 0.192 e. The van der Waals surface area contributed by atoms with Crippen molar-refractivity contribution in [3.05, 3.63) is 0 Å². The average molecular weight is 243 g/mol. The second-order valence-electron chi connectivity index (χ2n) is 5.87. The van der Waals surface area contributed by atoms with Crippen molar-refractivity contribution < 1.29 is 9.16 Å². The van der Waals surface area contributed by atoms with E-state index in [0.717, 1.165) is 18.9 Å². The van der Waals surface area contributed by atoms with Gasteiger partial charge in [-0.1, -0.05) is 20.8 Å². The first-order valence-corrected chi connectivity index (χ1v) is 9.01. The van der Waals surface area contributed by atoms with Gasteiger partial charge in [0.25, 0.3) is 0 Å². The fourth-order valence-corrected chi connectivity index (χ4v) is 2.82. The van der Waals surface area contributed by atoms with E-state index in [0.29, 0.717) is 6.61 Å². The summed E-state index contributed by atoms with van der Waals surface area (Å²) in [7, 11) is -1.65. The predicted molar refractivity (Wildman–Crippen MR) is 70.6 cm³/mol. The summed E-state index contributed by atoms with van der Waals surface area (Å²) in [5.41, 5.74) is 0. The van der Waals surface area contributed by atoms with Crippen LogP contribution in [0, 0.1) is 0 Å². The molecule has 1 rings (SSSR count). The van der Waals surface area contributed by atoms with Crippen LogP contribution in [0.1, 0.15) is 34.1 Å². The molecule has 0 spiro atoms. The highest BCUT2D eigenvalue weighted by atomic mass is 28.4. The lowest BCUT2D eigenvalue weighted by molar-refractivity contribution is 0.198. The van der Waals surface area contributed by atoms with Crippen LogP contribution in [0.4, 0.5) is 0 Å². The molecule has 0 unspecified atom stereocenters. The van der Waals surface area contributed by atoms with E-state index in [1.165, 1.54) is 0 Å². The Balaban J connectivity index is 2.47. The Bertz CT molecular complexity index is 269. The molecule has 0 amide bonds. The lowest BCUT2D eigenvalue weighted by atomic mass is 10.2. The third-order valence-electron chi connectivity index (χ3n) is 3.45. The van der Waals surface area contributed by atoms with Gasteiger partial charge in [-0.05, 0) is 25.1 Å². The molecule has 0 aromatic carbocycles. The van der Waals surface area contributed by atoms with E-state index in [4.69, 9.17) is 9.16 Å². The van der Waals surface area contributed by atoms with Gasteiger partial charge in [0.1, 0.15) is 0 Å². The molecule has 1 aliphatic rings. The summed E-state index contributed by atoms with van der Waals surface area (Å²) in [5.74, 6) is 0.867. The molecule has 1 atom stereocenters. The molecule has 1 aliphatic heterocycles. The smallest absolute Gasteiger partial charge is 0.192 e. The topological polar surface area (TPSA) is 30.8 Å². The van der Waals surface area contributed by atoms with Crippen LogP contribution in [0.2, 0.25) is 18.1 Å². The first-order valence-electron chi connectivity index (χ1n) is 6.10. The van der Waals surface area contributed by atoms with E-state index < -0.39 is 8.32 Å². The van der Waals surface area contributed by atoms with Crippen molar-refractivity contribution in [3.63, 3.8) is 0 Å². The summed E-state index contributed by atoms with van der Waals surface area (Å²) in [6, 6.07) is 0. The molecule has 0 bridgehead atoms. The highest BCUT2D eigenvalue weighted by Crippen LogP contribution is 2.38. The van der Waals surface area contributed by atoms with Crippen molar-refractivity contribution in [2.75, 3.05) is 13.2 Å². The van der Waals surface area contributed by atoms with Crippen LogP contribution in [0.3, 0.4) is 0 Å². The van der Waals surface area contributed by atoms with Gasteiger partial charge >= 0.3 is 0 Å². The first-order chi connectivity index (χ1) is 7.26. The Morgan fingerprint density at radius 2 is 2.00 bits per heavy atom. The minimum absolute atomic E-state index is 0.238. The van der Waals surface area contributed by atoms with Crippen molar-refractivity contribution in [2.24, 2.45) is 4.99 Å². The summed E-state index contributed by atoms with van der Waals surface area (Å²) in [6.07, 6.45) is 1.09. The zero-order chi connectivity index (χ0) is 12.4. The maximum atomic E-state index is 6.28. The van der Waals surface area contributed by atoms with Crippen molar-refractivity contribution in [3.8, 4) is 0 Å².